The number of aliphatic hydroxyl groups is 1. The van der Waals surface area contributed by atoms with Gasteiger partial charge in [-0.25, -0.2) is 0 Å². The number of nitrogens with zero attached hydrogens (tertiary/aromatic N) is 2. The number of hydrogen-bond donors (Lipinski definition) is 1. The van der Waals surface area contributed by atoms with Gasteiger partial charge in [0.1, 0.15) is 0 Å². The van der Waals surface area contributed by atoms with E-state index in [1.165, 1.54) is 11.8 Å². The summed E-state index contributed by atoms with van der Waals surface area (Å²) in [6.45, 7) is 5.70. The Balaban J connectivity index is 1.82. The van der Waals surface area contributed by atoms with Gasteiger partial charge in [-0.15, -0.1) is 0 Å². The maximum Gasteiger partial charge on any atom is 0.290 e. The smallest absolute Gasteiger partial charge is 0.290 e. The van der Waals surface area contributed by atoms with Crippen LogP contribution in [0.25, 0.3) is 0 Å². The molecule has 146 valence electrons. The predicted octanol–water partition coefficient (Wildman–Crippen LogP) is 3.00. The summed E-state index contributed by atoms with van der Waals surface area (Å²) in [5.74, 6) is -1.39. The molecular weight excluding hydrogens is 391 g/mol. The van der Waals surface area contributed by atoms with Crippen LogP contribution in [0.1, 0.15) is 24.9 Å². The summed E-state index contributed by atoms with van der Waals surface area (Å²) in [7, 11) is 0. The lowest BCUT2D eigenvalue weighted by Gasteiger charge is -2.30. The van der Waals surface area contributed by atoms with Crippen LogP contribution in [0, 0.1) is 0 Å². The van der Waals surface area contributed by atoms with E-state index in [9.17, 15) is 14.7 Å². The number of hydrogen-bond acceptors (Lipinski definition) is 5. The minimum absolute atomic E-state index is 0.0793. The minimum Gasteiger partial charge on any atom is -0.503 e. The fourth-order valence-electron chi connectivity index (χ4n) is 3.58. The number of halogens is 2. The molecule has 0 spiro atoms. The van der Waals surface area contributed by atoms with Crippen LogP contribution in [0.4, 0.5) is 0 Å². The van der Waals surface area contributed by atoms with Crippen molar-refractivity contribution in [2.45, 2.75) is 19.4 Å². The van der Waals surface area contributed by atoms with E-state index in [-0.39, 0.29) is 11.4 Å². The van der Waals surface area contributed by atoms with Crippen LogP contribution in [-0.4, -0.2) is 66.0 Å². The molecule has 1 aromatic carbocycles. The molecular formula is C19H22Cl2N2O4. The molecule has 1 amide bonds. The van der Waals surface area contributed by atoms with Gasteiger partial charge in [-0.05, 0) is 31.0 Å². The highest BCUT2D eigenvalue weighted by Crippen LogP contribution is 2.41. The zero-order chi connectivity index (χ0) is 19.6. The zero-order valence-corrected chi connectivity index (χ0v) is 16.6. The number of morpholine rings is 1. The minimum atomic E-state index is -0.704. The number of amides is 1. The molecule has 3 rings (SSSR count). The van der Waals surface area contributed by atoms with E-state index in [2.05, 4.69) is 4.90 Å². The highest BCUT2D eigenvalue weighted by Gasteiger charge is 2.42. The molecule has 0 aliphatic carbocycles. The Kier molecular flexibility index (Phi) is 6.42. The largest absolute Gasteiger partial charge is 0.503 e. The van der Waals surface area contributed by atoms with Crippen molar-refractivity contribution in [3.63, 3.8) is 0 Å². The number of carbonyl (C=O) groups is 2. The van der Waals surface area contributed by atoms with Crippen LogP contribution >= 0.6 is 23.2 Å². The summed E-state index contributed by atoms with van der Waals surface area (Å²) in [6.07, 6.45) is 0.714. The zero-order valence-electron chi connectivity index (χ0n) is 15.1. The Hall–Kier alpha value is -1.60. The van der Waals surface area contributed by atoms with Crippen molar-refractivity contribution in [2.24, 2.45) is 0 Å². The second kappa shape index (κ2) is 8.61. The maximum atomic E-state index is 12.6. The molecule has 0 aromatic heterocycles. The van der Waals surface area contributed by atoms with Crippen molar-refractivity contribution in [1.29, 1.82) is 0 Å². The van der Waals surface area contributed by atoms with E-state index >= 15 is 0 Å². The lowest BCUT2D eigenvalue weighted by Crippen LogP contribution is -2.39. The Morgan fingerprint density at radius 3 is 2.59 bits per heavy atom. The van der Waals surface area contributed by atoms with Gasteiger partial charge in [-0.3, -0.25) is 14.5 Å². The maximum absolute atomic E-state index is 12.6. The third-order valence-corrected chi connectivity index (χ3v) is 5.48. The average molecular weight is 413 g/mol. The number of ketones is 1. The van der Waals surface area contributed by atoms with Crippen LogP contribution < -0.4 is 0 Å². The van der Waals surface area contributed by atoms with E-state index in [0.717, 1.165) is 19.6 Å². The second-order valence-electron chi connectivity index (χ2n) is 6.69. The van der Waals surface area contributed by atoms with Crippen LogP contribution in [0.3, 0.4) is 0 Å². The molecule has 0 bridgehead atoms. The summed E-state index contributed by atoms with van der Waals surface area (Å²) in [6, 6.07) is 4.22. The third kappa shape index (κ3) is 4.29. The van der Waals surface area contributed by atoms with Crippen molar-refractivity contribution in [1.82, 2.24) is 9.80 Å². The topological polar surface area (TPSA) is 70.1 Å². The first kappa shape index (κ1) is 20.1. The number of Topliss-reactive ketones (excluding diaryl/α,β-unsaturated/α-hetero) is 1. The predicted molar refractivity (Wildman–Crippen MR) is 103 cm³/mol. The first-order valence-electron chi connectivity index (χ1n) is 8.90. The van der Waals surface area contributed by atoms with E-state index in [1.807, 2.05) is 0 Å². The summed E-state index contributed by atoms with van der Waals surface area (Å²) in [5.41, 5.74) is 0.658. The van der Waals surface area contributed by atoms with Gasteiger partial charge in [-0.2, -0.15) is 0 Å². The van der Waals surface area contributed by atoms with E-state index in [0.29, 0.717) is 41.8 Å². The Morgan fingerprint density at radius 1 is 1.26 bits per heavy atom. The van der Waals surface area contributed by atoms with Gasteiger partial charge >= 0.3 is 0 Å². The highest BCUT2D eigenvalue weighted by atomic mass is 35.5. The highest BCUT2D eigenvalue weighted by molar-refractivity contribution is 6.35. The monoisotopic (exact) mass is 412 g/mol. The van der Waals surface area contributed by atoms with E-state index in [1.54, 1.807) is 18.2 Å². The number of carbonyl (C=O) groups excluding carboxylic acids is 2. The van der Waals surface area contributed by atoms with Crippen LogP contribution in [-0.2, 0) is 14.3 Å². The number of rotatable bonds is 6. The number of aliphatic hydroxyl groups excluding tert-OH is 1. The fraction of sp³-hybridized carbons (Fsp3) is 0.474. The molecule has 2 heterocycles. The quantitative estimate of drug-likeness (QED) is 0.777. The molecule has 1 N–H and O–H groups in total. The van der Waals surface area contributed by atoms with Gasteiger partial charge in [0.05, 0.1) is 24.8 Å². The molecule has 1 atom stereocenters. The lowest BCUT2D eigenvalue weighted by atomic mass is 9.96. The standard InChI is InChI=1S/C19H22Cl2N2O4/c1-12(24)16-17(14-4-3-13(20)11-15(14)21)23(19(26)18(16)25)6-2-5-22-7-9-27-10-8-22/h3-4,11,17,25H,2,5-10H2,1H3/t17-/m1/s1. The van der Waals surface area contributed by atoms with Gasteiger partial charge in [0.25, 0.3) is 5.91 Å². The summed E-state index contributed by atoms with van der Waals surface area (Å²) < 4.78 is 5.34. The first-order chi connectivity index (χ1) is 12.9. The van der Waals surface area contributed by atoms with Gasteiger partial charge in [0.2, 0.25) is 0 Å². The van der Waals surface area contributed by atoms with E-state index < -0.39 is 17.7 Å². The first-order valence-corrected chi connectivity index (χ1v) is 9.66. The number of benzene rings is 1. The van der Waals surface area contributed by atoms with Gasteiger partial charge in [0.15, 0.2) is 11.5 Å². The lowest BCUT2D eigenvalue weighted by molar-refractivity contribution is -0.129. The summed E-state index contributed by atoms with van der Waals surface area (Å²) in [4.78, 5) is 28.6. The molecule has 0 saturated carbocycles. The molecule has 8 heteroatoms. The SMILES string of the molecule is CC(=O)C1=C(O)C(=O)N(CCCN2CCOCC2)[C@@H]1c1ccc(Cl)cc1Cl. The van der Waals surface area contributed by atoms with Crippen LogP contribution in [0.15, 0.2) is 29.5 Å². The van der Waals surface area contributed by atoms with Crippen molar-refractivity contribution in [2.75, 3.05) is 39.4 Å². The number of ether oxygens (including phenoxy) is 1. The molecule has 1 aromatic rings. The normalized spacial score (nSPS) is 21.2. The van der Waals surface area contributed by atoms with Crippen LogP contribution in [0.2, 0.25) is 10.0 Å². The van der Waals surface area contributed by atoms with Crippen molar-refractivity contribution < 1.29 is 19.4 Å². The van der Waals surface area contributed by atoms with Gasteiger partial charge < -0.3 is 14.7 Å². The molecule has 6 nitrogen and oxygen atoms in total. The molecule has 0 unspecified atom stereocenters. The van der Waals surface area contributed by atoms with Crippen molar-refractivity contribution in [3.8, 4) is 0 Å². The Morgan fingerprint density at radius 2 is 1.96 bits per heavy atom. The molecule has 27 heavy (non-hydrogen) atoms. The molecule has 2 aliphatic rings. The van der Waals surface area contributed by atoms with E-state index in [4.69, 9.17) is 27.9 Å². The van der Waals surface area contributed by atoms with Crippen LogP contribution in [0.5, 0.6) is 0 Å². The Bertz CT molecular complexity index is 775. The molecule has 1 fully saturated rings. The van der Waals surface area contributed by atoms with Gasteiger partial charge in [0, 0.05) is 36.2 Å². The molecule has 0 radical (unpaired) electrons. The van der Waals surface area contributed by atoms with Gasteiger partial charge in [-0.1, -0.05) is 29.3 Å². The third-order valence-electron chi connectivity index (χ3n) is 4.92. The summed E-state index contributed by atoms with van der Waals surface area (Å²) in [5, 5.41) is 11.1. The average Bonchev–Trinajstić information content (AvgIpc) is 2.87. The summed E-state index contributed by atoms with van der Waals surface area (Å²) >= 11 is 12.3. The van der Waals surface area contributed by atoms with Crippen molar-refractivity contribution >= 4 is 34.9 Å². The van der Waals surface area contributed by atoms with Crippen molar-refractivity contribution in [3.05, 3.63) is 45.1 Å². The second-order valence-corrected chi connectivity index (χ2v) is 7.54. The molecule has 1 saturated heterocycles. The molecule has 2 aliphatic heterocycles. The Labute approximate surface area is 168 Å². The fourth-order valence-corrected chi connectivity index (χ4v) is 4.09.